The van der Waals surface area contributed by atoms with Crippen molar-refractivity contribution < 1.29 is 19.4 Å². The van der Waals surface area contributed by atoms with Gasteiger partial charge in [0.1, 0.15) is 5.75 Å². The van der Waals surface area contributed by atoms with Gasteiger partial charge < -0.3 is 9.84 Å². The molecule has 0 bridgehead atoms. The van der Waals surface area contributed by atoms with Crippen LogP contribution < -0.4 is 4.74 Å². The maximum absolute atomic E-state index is 11.0. The number of ether oxygens (including phenoxy) is 1. The van der Waals surface area contributed by atoms with Gasteiger partial charge in [0.25, 0.3) is 0 Å². The van der Waals surface area contributed by atoms with E-state index in [4.69, 9.17) is 9.84 Å². The minimum Gasteiger partial charge on any atom is -0.496 e. The third-order valence-electron chi connectivity index (χ3n) is 2.08. The van der Waals surface area contributed by atoms with E-state index >= 15 is 0 Å². The minimum atomic E-state index is -1.41. The zero-order chi connectivity index (χ0) is 11.4. The average molecular weight is 208 g/mol. The van der Waals surface area contributed by atoms with E-state index in [0.29, 0.717) is 11.3 Å². The largest absolute Gasteiger partial charge is 0.496 e. The zero-order valence-corrected chi connectivity index (χ0v) is 8.61. The van der Waals surface area contributed by atoms with Crippen LogP contribution in [0.15, 0.2) is 18.2 Å². The summed E-state index contributed by atoms with van der Waals surface area (Å²) >= 11 is 0. The van der Waals surface area contributed by atoms with Gasteiger partial charge in [-0.15, -0.1) is 0 Å². The van der Waals surface area contributed by atoms with E-state index in [2.05, 4.69) is 0 Å². The molecule has 0 fully saturated rings. The molecule has 0 amide bonds. The summed E-state index contributed by atoms with van der Waals surface area (Å²) in [6.07, 6.45) is -0.105. The maximum atomic E-state index is 11.0. The lowest BCUT2D eigenvalue weighted by molar-refractivity contribution is -0.148. The molecule has 0 aliphatic carbocycles. The summed E-state index contributed by atoms with van der Waals surface area (Å²) in [4.78, 5) is 21.3. The SMILES string of the molecule is COc1cc(CC(=O)C(=O)O)ccc1C. The summed E-state index contributed by atoms with van der Waals surface area (Å²) in [5, 5.41) is 8.44. The topological polar surface area (TPSA) is 63.6 Å². The average Bonchev–Trinajstić information content (AvgIpc) is 2.20. The van der Waals surface area contributed by atoms with Gasteiger partial charge in [-0.25, -0.2) is 4.79 Å². The molecule has 1 aromatic carbocycles. The van der Waals surface area contributed by atoms with Crippen molar-refractivity contribution in [2.75, 3.05) is 7.11 Å². The Balaban J connectivity index is 2.87. The van der Waals surface area contributed by atoms with Crippen LogP contribution in [0.2, 0.25) is 0 Å². The summed E-state index contributed by atoms with van der Waals surface area (Å²) in [6, 6.07) is 5.19. The predicted molar refractivity (Wildman–Crippen MR) is 54.1 cm³/mol. The quantitative estimate of drug-likeness (QED) is 0.755. The highest BCUT2D eigenvalue weighted by atomic mass is 16.5. The molecule has 0 aromatic heterocycles. The first-order chi connectivity index (χ1) is 7.04. The fourth-order valence-electron chi connectivity index (χ4n) is 1.24. The maximum Gasteiger partial charge on any atom is 0.372 e. The summed E-state index contributed by atoms with van der Waals surface area (Å²) in [5.41, 5.74) is 1.59. The third kappa shape index (κ3) is 2.80. The van der Waals surface area contributed by atoms with Crippen LogP contribution in [-0.4, -0.2) is 24.0 Å². The van der Waals surface area contributed by atoms with Gasteiger partial charge in [-0.2, -0.15) is 0 Å². The Labute approximate surface area is 87.5 Å². The molecule has 0 spiro atoms. The number of hydrogen-bond donors (Lipinski definition) is 1. The molecule has 80 valence electrons. The molecule has 0 unspecified atom stereocenters. The van der Waals surface area contributed by atoms with Crippen LogP contribution in [0.3, 0.4) is 0 Å². The van der Waals surface area contributed by atoms with Gasteiger partial charge in [0.15, 0.2) is 0 Å². The molecular weight excluding hydrogens is 196 g/mol. The van der Waals surface area contributed by atoms with E-state index in [0.717, 1.165) is 5.56 Å². The second kappa shape index (κ2) is 4.59. The second-order valence-corrected chi connectivity index (χ2v) is 3.21. The number of carboxylic acids is 1. The predicted octanol–water partition coefficient (Wildman–Crippen LogP) is 1.20. The number of ketones is 1. The molecule has 0 radical (unpaired) electrons. The molecule has 0 saturated carbocycles. The highest BCUT2D eigenvalue weighted by molar-refractivity contribution is 6.33. The van der Waals surface area contributed by atoms with Gasteiger partial charge in [0.05, 0.1) is 7.11 Å². The van der Waals surface area contributed by atoms with Crippen molar-refractivity contribution in [2.45, 2.75) is 13.3 Å². The Morgan fingerprint density at radius 1 is 1.40 bits per heavy atom. The molecule has 0 aliphatic rings. The van der Waals surface area contributed by atoms with Crippen LogP contribution in [-0.2, 0) is 16.0 Å². The Kier molecular flexibility index (Phi) is 3.44. The number of Topliss-reactive ketones (excluding diaryl/α,β-unsaturated/α-hetero) is 1. The molecule has 0 heterocycles. The number of benzene rings is 1. The summed E-state index contributed by atoms with van der Waals surface area (Å²) in [5.74, 6) is -1.57. The van der Waals surface area contributed by atoms with Crippen LogP contribution >= 0.6 is 0 Å². The van der Waals surface area contributed by atoms with Crippen LogP contribution in [0.4, 0.5) is 0 Å². The Bertz CT molecular complexity index is 396. The van der Waals surface area contributed by atoms with Gasteiger partial charge in [-0.05, 0) is 24.1 Å². The number of carboxylic acid groups (broad SMARTS) is 1. The third-order valence-corrected chi connectivity index (χ3v) is 2.08. The van der Waals surface area contributed by atoms with E-state index in [1.165, 1.54) is 7.11 Å². The summed E-state index contributed by atoms with van der Waals surface area (Å²) in [6.45, 7) is 1.88. The van der Waals surface area contributed by atoms with Crippen LogP contribution in [0.1, 0.15) is 11.1 Å². The number of aliphatic carboxylic acids is 1. The van der Waals surface area contributed by atoms with Crippen molar-refractivity contribution in [3.63, 3.8) is 0 Å². The van der Waals surface area contributed by atoms with Gasteiger partial charge >= 0.3 is 5.97 Å². The lowest BCUT2D eigenvalue weighted by atomic mass is 10.1. The van der Waals surface area contributed by atoms with Crippen molar-refractivity contribution in [1.82, 2.24) is 0 Å². The van der Waals surface area contributed by atoms with Crippen LogP contribution in [0, 0.1) is 6.92 Å². The number of carbonyl (C=O) groups is 2. The molecule has 1 rings (SSSR count). The number of hydrogen-bond acceptors (Lipinski definition) is 3. The van der Waals surface area contributed by atoms with Crippen molar-refractivity contribution in [3.05, 3.63) is 29.3 Å². The van der Waals surface area contributed by atoms with Gasteiger partial charge in [-0.3, -0.25) is 4.79 Å². The lowest BCUT2D eigenvalue weighted by Crippen LogP contribution is -2.15. The van der Waals surface area contributed by atoms with Gasteiger partial charge in [-0.1, -0.05) is 12.1 Å². The Morgan fingerprint density at radius 2 is 2.07 bits per heavy atom. The van der Waals surface area contributed by atoms with Gasteiger partial charge in [0.2, 0.25) is 5.78 Å². The highest BCUT2D eigenvalue weighted by Crippen LogP contribution is 2.19. The first kappa shape index (κ1) is 11.2. The number of aryl methyl sites for hydroxylation is 1. The van der Waals surface area contributed by atoms with Crippen molar-refractivity contribution >= 4 is 11.8 Å². The molecule has 15 heavy (non-hydrogen) atoms. The van der Waals surface area contributed by atoms with Crippen molar-refractivity contribution in [2.24, 2.45) is 0 Å². The van der Waals surface area contributed by atoms with Crippen LogP contribution in [0.5, 0.6) is 5.75 Å². The molecule has 0 saturated heterocycles. The molecule has 4 nitrogen and oxygen atoms in total. The first-order valence-electron chi connectivity index (χ1n) is 4.44. The molecule has 0 aliphatic heterocycles. The lowest BCUT2D eigenvalue weighted by Gasteiger charge is -2.06. The molecule has 1 aromatic rings. The molecule has 1 N–H and O–H groups in total. The molecule has 4 heteroatoms. The number of carbonyl (C=O) groups excluding carboxylic acids is 1. The second-order valence-electron chi connectivity index (χ2n) is 3.21. The van der Waals surface area contributed by atoms with E-state index in [9.17, 15) is 9.59 Å². The van der Waals surface area contributed by atoms with Crippen molar-refractivity contribution in [1.29, 1.82) is 0 Å². The monoisotopic (exact) mass is 208 g/mol. The zero-order valence-electron chi connectivity index (χ0n) is 8.61. The Morgan fingerprint density at radius 3 is 2.60 bits per heavy atom. The standard InChI is InChI=1S/C11H12O4/c1-7-3-4-8(6-10(7)15-2)5-9(12)11(13)14/h3-4,6H,5H2,1-2H3,(H,13,14). The molecular formula is C11H12O4. The number of rotatable bonds is 4. The fourth-order valence-corrected chi connectivity index (χ4v) is 1.24. The van der Waals surface area contributed by atoms with Crippen LogP contribution in [0.25, 0.3) is 0 Å². The van der Waals surface area contributed by atoms with E-state index in [-0.39, 0.29) is 6.42 Å². The highest BCUT2D eigenvalue weighted by Gasteiger charge is 2.12. The fraction of sp³-hybridized carbons (Fsp3) is 0.273. The first-order valence-corrected chi connectivity index (χ1v) is 4.44. The minimum absolute atomic E-state index is 0.105. The normalized spacial score (nSPS) is 9.73. The van der Waals surface area contributed by atoms with E-state index in [1.807, 2.05) is 6.92 Å². The number of methoxy groups -OCH3 is 1. The van der Waals surface area contributed by atoms with Crippen molar-refractivity contribution in [3.8, 4) is 5.75 Å². The summed E-state index contributed by atoms with van der Waals surface area (Å²) in [7, 11) is 1.53. The van der Waals surface area contributed by atoms with E-state index < -0.39 is 11.8 Å². The van der Waals surface area contributed by atoms with E-state index in [1.54, 1.807) is 18.2 Å². The summed E-state index contributed by atoms with van der Waals surface area (Å²) < 4.78 is 5.07. The molecule has 0 atom stereocenters. The smallest absolute Gasteiger partial charge is 0.372 e. The Hall–Kier alpha value is -1.84. The van der Waals surface area contributed by atoms with Gasteiger partial charge in [0, 0.05) is 6.42 Å².